The Kier molecular flexibility index (Phi) is 5.81. The van der Waals surface area contributed by atoms with Crippen LogP contribution in [0.5, 0.6) is 5.88 Å². The molecule has 146 valence electrons. The SMILES string of the molecule is COc1cccc(C2(CCNCc3ccsc3)CCOC3(CCCC3)C2)n1. The van der Waals surface area contributed by atoms with Crippen molar-refractivity contribution in [2.24, 2.45) is 0 Å². The van der Waals surface area contributed by atoms with Crippen LogP contribution in [0, 0.1) is 0 Å². The van der Waals surface area contributed by atoms with Crippen LogP contribution in [0.3, 0.4) is 0 Å². The molecule has 1 saturated carbocycles. The van der Waals surface area contributed by atoms with Crippen LogP contribution in [-0.4, -0.2) is 30.8 Å². The van der Waals surface area contributed by atoms with Crippen molar-refractivity contribution < 1.29 is 9.47 Å². The van der Waals surface area contributed by atoms with Crippen LogP contribution in [0.1, 0.15) is 56.2 Å². The molecular weight excluding hydrogens is 356 g/mol. The number of nitrogens with one attached hydrogen (secondary N) is 1. The fourth-order valence-corrected chi connectivity index (χ4v) is 5.57. The summed E-state index contributed by atoms with van der Waals surface area (Å²) in [7, 11) is 1.70. The molecule has 1 atom stereocenters. The first kappa shape index (κ1) is 18.9. The van der Waals surface area contributed by atoms with Gasteiger partial charge in [0.15, 0.2) is 0 Å². The van der Waals surface area contributed by atoms with Gasteiger partial charge in [-0.2, -0.15) is 11.3 Å². The minimum absolute atomic E-state index is 0.0658. The molecule has 1 saturated heterocycles. The van der Waals surface area contributed by atoms with Crippen LogP contribution in [-0.2, 0) is 16.7 Å². The summed E-state index contributed by atoms with van der Waals surface area (Å²) < 4.78 is 11.8. The quantitative estimate of drug-likeness (QED) is 0.701. The lowest BCUT2D eigenvalue weighted by molar-refractivity contribution is -0.104. The maximum Gasteiger partial charge on any atom is 0.213 e. The summed E-state index contributed by atoms with van der Waals surface area (Å²) in [5.41, 5.74) is 2.68. The molecule has 3 heterocycles. The summed E-state index contributed by atoms with van der Waals surface area (Å²) in [5, 5.41) is 8.00. The van der Waals surface area contributed by atoms with Gasteiger partial charge in [0, 0.05) is 24.6 Å². The molecule has 2 fully saturated rings. The Morgan fingerprint density at radius 2 is 2.11 bits per heavy atom. The number of thiophene rings is 1. The van der Waals surface area contributed by atoms with Crippen LogP contribution in [0.2, 0.25) is 0 Å². The highest BCUT2D eigenvalue weighted by Gasteiger charge is 2.48. The molecule has 1 N–H and O–H groups in total. The Hall–Kier alpha value is -1.43. The summed E-state index contributed by atoms with van der Waals surface area (Å²) in [6.45, 7) is 2.76. The zero-order valence-corrected chi connectivity index (χ0v) is 17.0. The fraction of sp³-hybridized carbons (Fsp3) is 0.591. The van der Waals surface area contributed by atoms with E-state index in [2.05, 4.69) is 34.3 Å². The fourth-order valence-electron chi connectivity index (χ4n) is 4.90. The smallest absolute Gasteiger partial charge is 0.213 e. The van der Waals surface area contributed by atoms with Gasteiger partial charge < -0.3 is 14.8 Å². The lowest BCUT2D eigenvalue weighted by Gasteiger charge is -2.46. The number of ether oxygens (including phenoxy) is 2. The first-order valence-electron chi connectivity index (χ1n) is 10.1. The van der Waals surface area contributed by atoms with E-state index in [4.69, 9.17) is 14.5 Å². The number of aromatic nitrogens is 1. The van der Waals surface area contributed by atoms with Crippen molar-refractivity contribution >= 4 is 11.3 Å². The summed E-state index contributed by atoms with van der Waals surface area (Å²) in [4.78, 5) is 4.87. The van der Waals surface area contributed by atoms with Crippen molar-refractivity contribution in [3.8, 4) is 5.88 Å². The molecule has 1 aliphatic heterocycles. The molecular formula is C22H30N2O2S. The van der Waals surface area contributed by atoms with E-state index in [1.54, 1.807) is 18.4 Å². The maximum atomic E-state index is 6.35. The van der Waals surface area contributed by atoms with Crippen molar-refractivity contribution in [2.45, 2.75) is 62.5 Å². The Morgan fingerprint density at radius 1 is 1.22 bits per heavy atom. The third-order valence-corrected chi connectivity index (χ3v) is 7.06. The van der Waals surface area contributed by atoms with Crippen LogP contribution in [0.15, 0.2) is 35.0 Å². The van der Waals surface area contributed by atoms with Crippen molar-refractivity contribution in [3.63, 3.8) is 0 Å². The molecule has 27 heavy (non-hydrogen) atoms. The van der Waals surface area contributed by atoms with Crippen LogP contribution >= 0.6 is 11.3 Å². The van der Waals surface area contributed by atoms with Gasteiger partial charge in [0.1, 0.15) is 0 Å². The highest BCUT2D eigenvalue weighted by molar-refractivity contribution is 7.07. The predicted octanol–water partition coefficient (Wildman–Crippen LogP) is 4.69. The van der Waals surface area contributed by atoms with Gasteiger partial charge in [0.05, 0.1) is 18.4 Å². The van der Waals surface area contributed by atoms with Gasteiger partial charge in [-0.05, 0) is 67.1 Å². The first-order chi connectivity index (χ1) is 13.2. The van der Waals surface area contributed by atoms with Gasteiger partial charge in [0.25, 0.3) is 0 Å². The van der Waals surface area contributed by atoms with Crippen molar-refractivity contribution in [1.82, 2.24) is 10.3 Å². The molecule has 4 nitrogen and oxygen atoms in total. The third kappa shape index (κ3) is 4.20. The van der Waals surface area contributed by atoms with E-state index in [0.717, 1.165) is 39.0 Å². The maximum absolute atomic E-state index is 6.35. The number of rotatable bonds is 7. The molecule has 0 radical (unpaired) electrons. The minimum Gasteiger partial charge on any atom is -0.481 e. The lowest BCUT2D eigenvalue weighted by Crippen LogP contribution is -2.47. The summed E-state index contributed by atoms with van der Waals surface area (Å²) in [6, 6.07) is 8.41. The van der Waals surface area contributed by atoms with Crippen molar-refractivity contribution in [1.29, 1.82) is 0 Å². The molecule has 1 spiro atoms. The Balaban J connectivity index is 1.52. The van der Waals surface area contributed by atoms with Gasteiger partial charge >= 0.3 is 0 Å². The van der Waals surface area contributed by atoms with Crippen molar-refractivity contribution in [3.05, 3.63) is 46.3 Å². The van der Waals surface area contributed by atoms with E-state index in [9.17, 15) is 0 Å². The van der Waals surface area contributed by atoms with E-state index in [-0.39, 0.29) is 11.0 Å². The molecule has 2 aliphatic rings. The molecule has 1 aliphatic carbocycles. The summed E-state index contributed by atoms with van der Waals surface area (Å²) in [5.74, 6) is 0.713. The number of nitrogens with zero attached hydrogens (tertiary/aromatic N) is 1. The largest absolute Gasteiger partial charge is 0.481 e. The normalized spacial score (nSPS) is 24.3. The lowest BCUT2D eigenvalue weighted by atomic mass is 9.68. The second kappa shape index (κ2) is 8.29. The van der Waals surface area contributed by atoms with Gasteiger partial charge in [-0.3, -0.25) is 0 Å². The highest BCUT2D eigenvalue weighted by Crippen LogP contribution is 2.49. The van der Waals surface area contributed by atoms with Crippen molar-refractivity contribution in [2.75, 3.05) is 20.3 Å². The monoisotopic (exact) mass is 386 g/mol. The molecule has 2 aromatic rings. The second-order valence-electron chi connectivity index (χ2n) is 8.07. The van der Waals surface area contributed by atoms with E-state index in [1.165, 1.54) is 36.9 Å². The number of methoxy groups -OCH3 is 1. The van der Waals surface area contributed by atoms with Gasteiger partial charge in [-0.1, -0.05) is 18.9 Å². The number of hydrogen-bond acceptors (Lipinski definition) is 5. The molecule has 2 aromatic heterocycles. The average Bonchev–Trinajstić information content (AvgIpc) is 3.38. The van der Waals surface area contributed by atoms with E-state index >= 15 is 0 Å². The number of pyridine rings is 1. The average molecular weight is 387 g/mol. The van der Waals surface area contributed by atoms with E-state index in [0.29, 0.717) is 5.88 Å². The summed E-state index contributed by atoms with van der Waals surface area (Å²) >= 11 is 1.76. The zero-order chi connectivity index (χ0) is 18.6. The van der Waals surface area contributed by atoms with E-state index in [1.807, 2.05) is 6.07 Å². The van der Waals surface area contributed by atoms with Crippen LogP contribution in [0.4, 0.5) is 0 Å². The van der Waals surface area contributed by atoms with Gasteiger partial charge in [-0.15, -0.1) is 0 Å². The van der Waals surface area contributed by atoms with E-state index < -0.39 is 0 Å². The second-order valence-corrected chi connectivity index (χ2v) is 8.85. The topological polar surface area (TPSA) is 43.4 Å². The van der Waals surface area contributed by atoms with Gasteiger partial charge in [-0.25, -0.2) is 4.98 Å². The van der Waals surface area contributed by atoms with Crippen LogP contribution in [0.25, 0.3) is 0 Å². The summed E-state index contributed by atoms with van der Waals surface area (Å²) in [6.07, 6.45) is 8.18. The number of hydrogen-bond donors (Lipinski definition) is 1. The Bertz CT molecular complexity index is 728. The third-order valence-electron chi connectivity index (χ3n) is 6.33. The minimum atomic E-state index is 0.0658. The predicted molar refractivity (Wildman–Crippen MR) is 109 cm³/mol. The molecule has 4 rings (SSSR count). The Morgan fingerprint density at radius 3 is 2.89 bits per heavy atom. The standard InChI is InChI=1S/C22H30N2O2S/c1-25-20-6-4-5-19(24-20)21(10-12-23-15-18-7-14-27-16-18)11-13-26-22(17-21)8-2-3-9-22/h4-7,14,16,23H,2-3,8-13,15,17H2,1H3. The first-order valence-corrected chi connectivity index (χ1v) is 11.1. The zero-order valence-electron chi connectivity index (χ0n) is 16.2. The Labute approximate surface area is 166 Å². The molecule has 1 unspecified atom stereocenters. The van der Waals surface area contributed by atoms with Crippen LogP contribution < -0.4 is 10.1 Å². The molecule has 0 amide bonds. The molecule has 0 bridgehead atoms. The highest BCUT2D eigenvalue weighted by atomic mass is 32.1. The molecule has 5 heteroatoms. The molecule has 0 aromatic carbocycles. The van der Waals surface area contributed by atoms with Gasteiger partial charge in [0.2, 0.25) is 5.88 Å².